The van der Waals surface area contributed by atoms with Crippen LogP contribution in [-0.2, 0) is 11.3 Å². The molecule has 0 aliphatic carbocycles. The van der Waals surface area contributed by atoms with Gasteiger partial charge in [0.1, 0.15) is 11.5 Å². The van der Waals surface area contributed by atoms with Crippen LogP contribution in [0.25, 0.3) is 0 Å². The summed E-state index contributed by atoms with van der Waals surface area (Å²) in [6.07, 6.45) is 4.83. The average Bonchev–Trinajstić information content (AvgIpc) is 2.48. The summed E-state index contributed by atoms with van der Waals surface area (Å²) in [5.74, 6) is 0.0214. The number of hydrogen-bond acceptors (Lipinski definition) is 5. The van der Waals surface area contributed by atoms with Crippen molar-refractivity contribution in [2.24, 2.45) is 0 Å². The minimum atomic E-state index is -0.819. The molecule has 0 unspecified atom stereocenters. The maximum atomic E-state index is 9.84. The molecule has 6 nitrogen and oxygen atoms in total. The van der Waals surface area contributed by atoms with Gasteiger partial charge in [0.25, 0.3) is 5.09 Å². The number of allylic oxidation sites excluding steroid dienone is 1. The number of phenols is 2. The van der Waals surface area contributed by atoms with Crippen molar-refractivity contribution in [3.8, 4) is 11.5 Å². The number of hydrogen-bond donors (Lipinski definition) is 2. The van der Waals surface area contributed by atoms with Crippen molar-refractivity contribution in [2.45, 2.75) is 46.5 Å². The monoisotopic (exact) mass is 313 g/mol. The molecule has 22 heavy (non-hydrogen) atoms. The molecule has 0 saturated carbocycles. The zero-order chi connectivity index (χ0) is 17.4. The molecule has 0 amide bonds. The number of aryl methyl sites for hydroxylation is 1. The molecule has 126 valence electrons. The second kappa shape index (κ2) is 15.2. The maximum Gasteiger partial charge on any atom is 0.294 e. The molecule has 0 aliphatic heterocycles. The molecule has 2 N–H and O–H groups in total. The van der Waals surface area contributed by atoms with Crippen molar-refractivity contribution in [3.63, 3.8) is 0 Å². The Morgan fingerprint density at radius 1 is 1.23 bits per heavy atom. The van der Waals surface area contributed by atoms with Gasteiger partial charge in [0.05, 0.1) is 6.61 Å². The van der Waals surface area contributed by atoms with Gasteiger partial charge in [-0.25, -0.2) is 0 Å². The normalized spacial score (nSPS) is 8.68. The molecule has 0 radical (unpaired) electrons. The zero-order valence-electron chi connectivity index (χ0n) is 13.6. The molecule has 0 saturated heterocycles. The molecular formula is C16H27NO5. The van der Waals surface area contributed by atoms with E-state index in [9.17, 15) is 20.3 Å². The Kier molecular flexibility index (Phi) is 15.2. The van der Waals surface area contributed by atoms with E-state index in [-0.39, 0.29) is 18.1 Å². The third-order valence-electron chi connectivity index (χ3n) is 2.31. The molecule has 0 fully saturated rings. The third-order valence-corrected chi connectivity index (χ3v) is 2.31. The first kappa shape index (κ1) is 22.0. The molecule has 0 aromatic heterocycles. The number of benzene rings is 1. The lowest BCUT2D eigenvalue weighted by Crippen LogP contribution is -2.02. The van der Waals surface area contributed by atoms with Gasteiger partial charge in [-0.05, 0) is 43.4 Å². The van der Waals surface area contributed by atoms with E-state index in [1.165, 1.54) is 6.07 Å². The highest BCUT2D eigenvalue weighted by atomic mass is 16.9. The highest BCUT2D eigenvalue weighted by molar-refractivity contribution is 5.36. The van der Waals surface area contributed by atoms with Crippen LogP contribution in [0.5, 0.6) is 11.5 Å². The summed E-state index contributed by atoms with van der Waals surface area (Å²) >= 11 is 0. The molecule has 1 rings (SSSR count). The molecular weight excluding hydrogens is 286 g/mol. The van der Waals surface area contributed by atoms with Gasteiger partial charge in [0.15, 0.2) is 0 Å². The summed E-state index contributed by atoms with van der Waals surface area (Å²) in [6, 6.07) is 4.35. The van der Waals surface area contributed by atoms with E-state index >= 15 is 0 Å². The smallest absolute Gasteiger partial charge is 0.294 e. The minimum Gasteiger partial charge on any atom is -0.508 e. The largest absolute Gasteiger partial charge is 0.508 e. The van der Waals surface area contributed by atoms with Gasteiger partial charge >= 0.3 is 0 Å². The average molecular weight is 313 g/mol. The van der Waals surface area contributed by atoms with Crippen molar-refractivity contribution in [1.29, 1.82) is 0 Å². The quantitative estimate of drug-likeness (QED) is 0.340. The second-order valence-electron chi connectivity index (χ2n) is 4.07. The first-order chi connectivity index (χ1) is 10.5. The summed E-state index contributed by atoms with van der Waals surface area (Å²) in [5, 5.41) is 27.4. The predicted molar refractivity (Wildman–Crippen MR) is 87.5 cm³/mol. The number of unbranched alkanes of at least 4 members (excludes halogenated alkanes) is 1. The fraction of sp³-hybridized carbons (Fsp3) is 0.500. The van der Waals surface area contributed by atoms with Gasteiger partial charge in [-0.1, -0.05) is 26.8 Å². The van der Waals surface area contributed by atoms with Gasteiger partial charge in [-0.2, -0.15) is 0 Å². The van der Waals surface area contributed by atoms with Crippen LogP contribution >= 0.6 is 0 Å². The summed E-state index contributed by atoms with van der Waals surface area (Å²) < 4.78 is 0. The molecule has 1 aromatic rings. The second-order valence-corrected chi connectivity index (χ2v) is 4.07. The van der Waals surface area contributed by atoms with Crippen LogP contribution in [0.2, 0.25) is 0 Å². The van der Waals surface area contributed by atoms with E-state index in [4.69, 9.17) is 0 Å². The van der Waals surface area contributed by atoms with Crippen molar-refractivity contribution in [2.75, 3.05) is 6.61 Å². The van der Waals surface area contributed by atoms with Crippen LogP contribution in [0.4, 0.5) is 0 Å². The van der Waals surface area contributed by atoms with Gasteiger partial charge < -0.3 is 15.1 Å². The summed E-state index contributed by atoms with van der Waals surface area (Å²) in [6.45, 7) is 9.61. The van der Waals surface area contributed by atoms with Gasteiger partial charge in [0.2, 0.25) is 0 Å². The number of rotatable bonds is 7. The summed E-state index contributed by atoms with van der Waals surface area (Å²) in [4.78, 5) is 14.0. The summed E-state index contributed by atoms with van der Waals surface area (Å²) in [5.41, 5.74) is 0.790. The number of phenolic OH excluding ortho intramolecular Hbond substituents is 2. The van der Waals surface area contributed by atoms with E-state index in [0.29, 0.717) is 19.3 Å². The minimum absolute atomic E-state index is 0.0107. The molecule has 0 aliphatic rings. The van der Waals surface area contributed by atoms with Crippen molar-refractivity contribution < 1.29 is 20.1 Å². The van der Waals surface area contributed by atoms with Crippen LogP contribution < -0.4 is 0 Å². The van der Waals surface area contributed by atoms with Gasteiger partial charge in [-0.3, -0.25) is 0 Å². The van der Waals surface area contributed by atoms with Gasteiger partial charge in [0, 0.05) is 6.07 Å². The van der Waals surface area contributed by atoms with E-state index < -0.39 is 5.09 Å². The van der Waals surface area contributed by atoms with Crippen molar-refractivity contribution in [1.82, 2.24) is 0 Å². The lowest BCUT2D eigenvalue weighted by atomic mass is 10.1. The van der Waals surface area contributed by atoms with Crippen molar-refractivity contribution >= 4 is 0 Å². The lowest BCUT2D eigenvalue weighted by Gasteiger charge is -2.03. The molecule has 1 aromatic carbocycles. The molecule has 0 bridgehead atoms. The Morgan fingerprint density at radius 3 is 2.14 bits per heavy atom. The number of aromatic hydroxyl groups is 2. The van der Waals surface area contributed by atoms with E-state index in [1.807, 2.05) is 19.9 Å². The van der Waals surface area contributed by atoms with Crippen LogP contribution in [0, 0.1) is 10.1 Å². The van der Waals surface area contributed by atoms with E-state index in [2.05, 4.69) is 18.3 Å². The Labute approximate surface area is 132 Å². The fourth-order valence-electron chi connectivity index (χ4n) is 1.37. The van der Waals surface area contributed by atoms with Crippen LogP contribution in [-0.4, -0.2) is 21.9 Å². The maximum absolute atomic E-state index is 9.84. The molecule has 6 heteroatoms. The highest BCUT2D eigenvalue weighted by Crippen LogP contribution is 2.21. The fourth-order valence-corrected chi connectivity index (χ4v) is 1.37. The SMILES string of the molecule is C=CCC.CC.O=[N+]([O-])OCCCCc1cc(O)cc(O)c1. The third kappa shape index (κ3) is 14.2. The van der Waals surface area contributed by atoms with Crippen molar-refractivity contribution in [3.05, 3.63) is 46.5 Å². The van der Waals surface area contributed by atoms with E-state index in [0.717, 1.165) is 12.0 Å². The predicted octanol–water partition coefficient (Wildman–Crippen LogP) is 4.24. The highest BCUT2D eigenvalue weighted by Gasteiger charge is 2.00. The van der Waals surface area contributed by atoms with Crippen LogP contribution in [0.15, 0.2) is 30.9 Å². The first-order valence-corrected chi connectivity index (χ1v) is 7.39. The molecule has 0 spiro atoms. The standard InChI is InChI=1S/C10H13NO5.C4H8.C2H6/c12-9-5-8(6-10(13)7-9)3-1-2-4-16-11(14)15;1-3-4-2;1-2/h5-7,12-13H,1-4H2;3H,1,4H2,2H3;1-2H3. The lowest BCUT2D eigenvalue weighted by molar-refractivity contribution is -0.757. The first-order valence-electron chi connectivity index (χ1n) is 7.39. The number of nitrogens with zero attached hydrogens (tertiary/aromatic N) is 1. The van der Waals surface area contributed by atoms with Crippen LogP contribution in [0.1, 0.15) is 45.6 Å². The zero-order valence-corrected chi connectivity index (χ0v) is 13.6. The summed E-state index contributed by atoms with van der Waals surface area (Å²) in [7, 11) is 0. The van der Waals surface area contributed by atoms with Crippen LogP contribution in [0.3, 0.4) is 0 Å². The molecule has 0 atom stereocenters. The topological polar surface area (TPSA) is 92.8 Å². The Bertz CT molecular complexity index is 401. The van der Waals surface area contributed by atoms with Gasteiger partial charge in [-0.15, -0.1) is 16.7 Å². The molecule has 0 heterocycles. The van der Waals surface area contributed by atoms with E-state index in [1.54, 1.807) is 12.1 Å². The Morgan fingerprint density at radius 2 is 1.73 bits per heavy atom. The Balaban J connectivity index is 0. The Hall–Kier alpha value is -2.24.